The summed E-state index contributed by atoms with van der Waals surface area (Å²) >= 11 is 0. The minimum atomic E-state index is -0.793. The van der Waals surface area contributed by atoms with Crippen molar-refractivity contribution >= 4 is 17.6 Å². The predicted molar refractivity (Wildman–Crippen MR) is 73.1 cm³/mol. The Morgan fingerprint density at radius 2 is 2.20 bits per heavy atom. The maximum Gasteiger partial charge on any atom is 0.306 e. The zero-order chi connectivity index (χ0) is 14.3. The van der Waals surface area contributed by atoms with Crippen LogP contribution in [0.25, 0.3) is 0 Å². The van der Waals surface area contributed by atoms with Crippen molar-refractivity contribution in [2.75, 3.05) is 18.1 Å². The molecule has 0 aromatic heterocycles. The van der Waals surface area contributed by atoms with Crippen molar-refractivity contribution < 1.29 is 19.4 Å². The molecule has 5 nitrogen and oxygen atoms in total. The number of benzene rings is 1. The monoisotopic (exact) mass is 275 g/mol. The Balaban J connectivity index is 2.11. The lowest BCUT2D eigenvalue weighted by Gasteiger charge is -2.23. The first-order valence-electron chi connectivity index (χ1n) is 6.86. The summed E-state index contributed by atoms with van der Waals surface area (Å²) in [6.07, 6.45) is 1.74. The molecule has 0 fully saturated rings. The molecule has 0 bridgehead atoms. The number of anilines is 1. The Labute approximate surface area is 117 Å². The summed E-state index contributed by atoms with van der Waals surface area (Å²) in [4.78, 5) is 24.9. The SMILES string of the molecule is CC(=O)N1CCC(C(=O)O)Cc2ccc3c(c21)CCO3. The molecule has 1 N–H and O–H groups in total. The second-order valence-electron chi connectivity index (χ2n) is 5.35. The Kier molecular flexibility index (Phi) is 3.12. The van der Waals surface area contributed by atoms with Crippen molar-refractivity contribution in [3.63, 3.8) is 0 Å². The maximum atomic E-state index is 11.9. The highest BCUT2D eigenvalue weighted by Gasteiger charge is 2.31. The van der Waals surface area contributed by atoms with Gasteiger partial charge in [0.05, 0.1) is 18.2 Å². The van der Waals surface area contributed by atoms with Gasteiger partial charge in [0.2, 0.25) is 5.91 Å². The summed E-state index contributed by atoms with van der Waals surface area (Å²) in [5, 5.41) is 9.28. The average molecular weight is 275 g/mol. The molecular formula is C15H17NO4. The van der Waals surface area contributed by atoms with E-state index < -0.39 is 11.9 Å². The lowest BCUT2D eigenvalue weighted by Crippen LogP contribution is -2.31. The van der Waals surface area contributed by atoms with Crippen molar-refractivity contribution in [3.8, 4) is 5.75 Å². The molecule has 1 amide bonds. The van der Waals surface area contributed by atoms with Crippen LogP contribution in [-0.4, -0.2) is 30.1 Å². The van der Waals surface area contributed by atoms with Gasteiger partial charge in [0.1, 0.15) is 5.75 Å². The molecule has 1 unspecified atom stereocenters. The minimum absolute atomic E-state index is 0.0439. The van der Waals surface area contributed by atoms with Crippen molar-refractivity contribution in [1.29, 1.82) is 0 Å². The molecule has 20 heavy (non-hydrogen) atoms. The van der Waals surface area contributed by atoms with E-state index in [0.29, 0.717) is 26.0 Å². The molecule has 2 heterocycles. The van der Waals surface area contributed by atoms with Crippen LogP contribution in [-0.2, 0) is 22.4 Å². The van der Waals surface area contributed by atoms with E-state index in [1.54, 1.807) is 4.90 Å². The fraction of sp³-hybridized carbons (Fsp3) is 0.467. The largest absolute Gasteiger partial charge is 0.493 e. The highest BCUT2D eigenvalue weighted by molar-refractivity contribution is 5.94. The van der Waals surface area contributed by atoms with Gasteiger partial charge in [-0.15, -0.1) is 0 Å². The van der Waals surface area contributed by atoms with Gasteiger partial charge in [-0.2, -0.15) is 0 Å². The van der Waals surface area contributed by atoms with E-state index in [0.717, 1.165) is 29.0 Å². The third-order valence-electron chi connectivity index (χ3n) is 4.10. The van der Waals surface area contributed by atoms with Gasteiger partial charge in [0.15, 0.2) is 0 Å². The van der Waals surface area contributed by atoms with Gasteiger partial charge in [-0.1, -0.05) is 6.07 Å². The molecule has 2 aliphatic rings. The van der Waals surface area contributed by atoms with Gasteiger partial charge >= 0.3 is 5.97 Å². The Bertz CT molecular complexity index is 581. The second kappa shape index (κ2) is 4.81. The number of ether oxygens (including phenoxy) is 1. The van der Waals surface area contributed by atoms with Gasteiger partial charge in [-0.3, -0.25) is 9.59 Å². The molecule has 3 rings (SSSR count). The Morgan fingerprint density at radius 3 is 2.90 bits per heavy atom. The van der Waals surface area contributed by atoms with Crippen LogP contribution < -0.4 is 9.64 Å². The zero-order valence-electron chi connectivity index (χ0n) is 11.4. The van der Waals surface area contributed by atoms with Crippen LogP contribution in [0, 0.1) is 5.92 Å². The summed E-state index contributed by atoms with van der Waals surface area (Å²) < 4.78 is 5.55. The normalized spacial score (nSPS) is 20.6. The number of carbonyl (C=O) groups is 2. The molecular weight excluding hydrogens is 258 g/mol. The standard InChI is InChI=1S/C15H17NO4/c1-9(17)16-6-4-11(15(18)19)8-10-2-3-13-12(14(10)16)5-7-20-13/h2-3,11H,4-8H2,1H3,(H,18,19). The number of fused-ring (bicyclic) bond motifs is 3. The van der Waals surface area contributed by atoms with E-state index in [1.807, 2.05) is 12.1 Å². The molecule has 1 atom stereocenters. The zero-order valence-corrected chi connectivity index (χ0v) is 11.4. The number of hydrogen-bond donors (Lipinski definition) is 1. The van der Waals surface area contributed by atoms with E-state index in [-0.39, 0.29) is 5.91 Å². The van der Waals surface area contributed by atoms with Crippen LogP contribution in [0.4, 0.5) is 5.69 Å². The Hall–Kier alpha value is -2.04. The first-order chi connectivity index (χ1) is 9.58. The molecule has 0 saturated carbocycles. The molecule has 5 heteroatoms. The summed E-state index contributed by atoms with van der Waals surface area (Å²) in [7, 11) is 0. The van der Waals surface area contributed by atoms with Crippen molar-refractivity contribution in [2.45, 2.75) is 26.2 Å². The van der Waals surface area contributed by atoms with Crippen molar-refractivity contribution in [1.82, 2.24) is 0 Å². The fourth-order valence-electron chi connectivity index (χ4n) is 3.10. The summed E-state index contributed by atoms with van der Waals surface area (Å²) in [5.74, 6) is -0.446. The minimum Gasteiger partial charge on any atom is -0.493 e. The molecule has 0 radical (unpaired) electrons. The molecule has 0 saturated heterocycles. The predicted octanol–water partition coefficient (Wildman–Crippen LogP) is 1.62. The van der Waals surface area contributed by atoms with E-state index in [2.05, 4.69) is 0 Å². The Morgan fingerprint density at radius 1 is 1.40 bits per heavy atom. The summed E-state index contributed by atoms with van der Waals surface area (Å²) in [6, 6.07) is 3.79. The van der Waals surface area contributed by atoms with E-state index in [1.165, 1.54) is 6.92 Å². The highest BCUT2D eigenvalue weighted by Crippen LogP contribution is 2.40. The number of carboxylic acid groups (broad SMARTS) is 1. The van der Waals surface area contributed by atoms with Crippen molar-refractivity contribution in [3.05, 3.63) is 23.3 Å². The summed E-state index contributed by atoms with van der Waals surface area (Å²) in [5.41, 5.74) is 2.87. The molecule has 1 aromatic carbocycles. The lowest BCUT2D eigenvalue weighted by molar-refractivity contribution is -0.141. The third-order valence-corrected chi connectivity index (χ3v) is 4.10. The number of aliphatic carboxylic acids is 1. The van der Waals surface area contributed by atoms with E-state index in [4.69, 9.17) is 4.74 Å². The smallest absolute Gasteiger partial charge is 0.306 e. The maximum absolute atomic E-state index is 11.9. The number of carboxylic acids is 1. The van der Waals surface area contributed by atoms with Crippen LogP contribution in [0.1, 0.15) is 24.5 Å². The molecule has 1 aromatic rings. The van der Waals surface area contributed by atoms with Gasteiger partial charge in [0.25, 0.3) is 0 Å². The van der Waals surface area contributed by atoms with Crippen LogP contribution >= 0.6 is 0 Å². The lowest BCUT2D eigenvalue weighted by atomic mass is 9.95. The van der Waals surface area contributed by atoms with Gasteiger partial charge < -0.3 is 14.7 Å². The quantitative estimate of drug-likeness (QED) is 0.845. The van der Waals surface area contributed by atoms with Gasteiger partial charge in [0, 0.05) is 25.5 Å². The number of hydrogen-bond acceptors (Lipinski definition) is 3. The van der Waals surface area contributed by atoms with Crippen LogP contribution in [0.15, 0.2) is 12.1 Å². The topological polar surface area (TPSA) is 66.8 Å². The van der Waals surface area contributed by atoms with Gasteiger partial charge in [-0.05, 0) is 24.5 Å². The third kappa shape index (κ3) is 2.03. The molecule has 0 spiro atoms. The first kappa shape index (κ1) is 13.0. The second-order valence-corrected chi connectivity index (χ2v) is 5.35. The number of rotatable bonds is 1. The highest BCUT2D eigenvalue weighted by atomic mass is 16.5. The van der Waals surface area contributed by atoms with Gasteiger partial charge in [-0.25, -0.2) is 0 Å². The fourth-order valence-corrected chi connectivity index (χ4v) is 3.10. The van der Waals surface area contributed by atoms with Crippen LogP contribution in [0.2, 0.25) is 0 Å². The van der Waals surface area contributed by atoms with Crippen LogP contribution in [0.3, 0.4) is 0 Å². The molecule has 106 valence electrons. The molecule has 0 aliphatic carbocycles. The molecule has 2 aliphatic heterocycles. The number of carbonyl (C=O) groups excluding carboxylic acids is 1. The van der Waals surface area contributed by atoms with Crippen molar-refractivity contribution in [2.24, 2.45) is 5.92 Å². The van der Waals surface area contributed by atoms with E-state index >= 15 is 0 Å². The first-order valence-corrected chi connectivity index (χ1v) is 6.86. The summed E-state index contributed by atoms with van der Waals surface area (Å²) in [6.45, 7) is 2.61. The van der Waals surface area contributed by atoms with Crippen LogP contribution in [0.5, 0.6) is 5.75 Å². The number of amides is 1. The van der Waals surface area contributed by atoms with E-state index in [9.17, 15) is 14.7 Å². The average Bonchev–Trinajstić information content (AvgIpc) is 2.77. The number of nitrogens with zero attached hydrogens (tertiary/aromatic N) is 1.